The number of aryl methyl sites for hydroxylation is 2. The first-order valence-electron chi connectivity index (χ1n) is 12.6. The van der Waals surface area contributed by atoms with Gasteiger partial charge in [-0.3, -0.25) is 0 Å². The van der Waals surface area contributed by atoms with E-state index in [4.69, 9.17) is 14.7 Å². The van der Waals surface area contributed by atoms with E-state index in [1.807, 2.05) is 11.3 Å². The van der Waals surface area contributed by atoms with Crippen LogP contribution in [0.5, 0.6) is 5.75 Å². The lowest BCUT2D eigenvalue weighted by Gasteiger charge is -2.35. The third-order valence-corrected chi connectivity index (χ3v) is 10.2. The lowest BCUT2D eigenvalue weighted by Crippen LogP contribution is -2.49. The van der Waals surface area contributed by atoms with Crippen molar-refractivity contribution in [2.75, 3.05) is 38.2 Å². The molecule has 3 heterocycles. The van der Waals surface area contributed by atoms with E-state index in [0.717, 1.165) is 48.6 Å². The molecule has 1 aliphatic carbocycles. The average Bonchev–Trinajstić information content (AvgIpc) is 3.24. The molecule has 0 saturated carbocycles. The van der Waals surface area contributed by atoms with E-state index < -0.39 is 10.0 Å². The Hall–Kier alpha value is -2.23. The molecule has 2 aliphatic rings. The molecule has 3 aromatic rings. The summed E-state index contributed by atoms with van der Waals surface area (Å²) in [7, 11) is -1.97. The number of anilines is 1. The largest absolute Gasteiger partial charge is 0.497 e. The van der Waals surface area contributed by atoms with Crippen LogP contribution in [0.15, 0.2) is 29.2 Å². The minimum atomic E-state index is -3.54. The van der Waals surface area contributed by atoms with Gasteiger partial charge in [0.2, 0.25) is 10.0 Å². The molecule has 0 amide bonds. The molecule has 1 atom stereocenters. The lowest BCUT2D eigenvalue weighted by molar-refractivity contribution is 0.383. The van der Waals surface area contributed by atoms with Crippen molar-refractivity contribution in [2.24, 2.45) is 5.92 Å². The third-order valence-electron chi connectivity index (χ3n) is 7.17. The SMILES string of the molecule is CCCCc1nc(N2CCN(S(=O)(=O)c3ccc(OC)cc3)CC2)c2c3c(sc2n1)CC(C)CC3. The molecule has 9 heteroatoms. The topological polar surface area (TPSA) is 75.6 Å². The van der Waals surface area contributed by atoms with Gasteiger partial charge in [0.25, 0.3) is 0 Å². The van der Waals surface area contributed by atoms with Gasteiger partial charge in [0, 0.05) is 37.5 Å². The molecule has 188 valence electrons. The highest BCUT2D eigenvalue weighted by Crippen LogP contribution is 2.41. The molecule has 0 radical (unpaired) electrons. The number of methoxy groups -OCH3 is 1. The number of nitrogens with zero attached hydrogens (tertiary/aromatic N) is 4. The monoisotopic (exact) mass is 514 g/mol. The van der Waals surface area contributed by atoms with E-state index in [1.54, 1.807) is 35.7 Å². The molecule has 5 rings (SSSR count). The van der Waals surface area contributed by atoms with Crippen LogP contribution in [-0.2, 0) is 29.3 Å². The highest BCUT2D eigenvalue weighted by molar-refractivity contribution is 7.89. The first-order valence-corrected chi connectivity index (χ1v) is 14.9. The van der Waals surface area contributed by atoms with Gasteiger partial charge in [0.15, 0.2) is 0 Å². The van der Waals surface area contributed by atoms with Gasteiger partial charge in [-0.2, -0.15) is 4.31 Å². The maximum Gasteiger partial charge on any atom is 0.243 e. The molecular weight excluding hydrogens is 480 g/mol. The summed E-state index contributed by atoms with van der Waals surface area (Å²) in [5, 5.41) is 1.21. The van der Waals surface area contributed by atoms with Crippen molar-refractivity contribution >= 4 is 37.4 Å². The molecule has 2 aromatic heterocycles. The fraction of sp³-hybridized carbons (Fsp3) is 0.538. The van der Waals surface area contributed by atoms with Crippen LogP contribution in [-0.4, -0.2) is 56.0 Å². The highest BCUT2D eigenvalue weighted by Gasteiger charge is 2.31. The van der Waals surface area contributed by atoms with Crippen molar-refractivity contribution in [3.63, 3.8) is 0 Å². The van der Waals surface area contributed by atoms with Gasteiger partial charge >= 0.3 is 0 Å². The Balaban J connectivity index is 1.42. The van der Waals surface area contributed by atoms with Crippen LogP contribution in [0.4, 0.5) is 5.82 Å². The van der Waals surface area contributed by atoms with Crippen molar-refractivity contribution in [1.29, 1.82) is 0 Å². The Morgan fingerprint density at radius 1 is 1.11 bits per heavy atom. The van der Waals surface area contributed by atoms with Gasteiger partial charge in [-0.15, -0.1) is 11.3 Å². The Morgan fingerprint density at radius 3 is 2.54 bits per heavy atom. The zero-order valence-corrected chi connectivity index (χ0v) is 22.4. The Labute approximate surface area is 212 Å². The molecule has 1 saturated heterocycles. The molecule has 1 unspecified atom stereocenters. The standard InChI is InChI=1S/C26H34N4O3S2/c1-4-5-6-23-27-25(24-21-12-7-18(2)17-22(21)34-26(24)28-23)29-13-15-30(16-14-29)35(31,32)20-10-8-19(33-3)9-11-20/h8-11,18H,4-7,12-17H2,1-3H3. The highest BCUT2D eigenvalue weighted by atomic mass is 32.2. The fourth-order valence-electron chi connectivity index (χ4n) is 5.08. The van der Waals surface area contributed by atoms with E-state index in [9.17, 15) is 8.42 Å². The van der Waals surface area contributed by atoms with Crippen LogP contribution in [0.2, 0.25) is 0 Å². The summed E-state index contributed by atoms with van der Waals surface area (Å²) in [4.78, 5) is 15.2. The number of hydrogen-bond donors (Lipinski definition) is 0. The normalized spacial score (nSPS) is 19.2. The van der Waals surface area contributed by atoms with Crippen molar-refractivity contribution in [3.8, 4) is 5.75 Å². The first-order chi connectivity index (χ1) is 16.9. The summed E-state index contributed by atoms with van der Waals surface area (Å²) in [6.07, 6.45) is 6.45. The molecular formula is C26H34N4O3S2. The Morgan fingerprint density at radius 2 is 1.86 bits per heavy atom. The molecule has 0 N–H and O–H groups in total. The average molecular weight is 515 g/mol. The van der Waals surface area contributed by atoms with Crippen molar-refractivity contribution in [3.05, 3.63) is 40.5 Å². The quantitative estimate of drug-likeness (QED) is 0.456. The van der Waals surface area contributed by atoms with Gasteiger partial charge < -0.3 is 9.64 Å². The molecule has 1 aliphatic heterocycles. The van der Waals surface area contributed by atoms with Crippen LogP contribution in [0.25, 0.3) is 10.2 Å². The van der Waals surface area contributed by atoms with Gasteiger partial charge in [-0.1, -0.05) is 20.3 Å². The summed E-state index contributed by atoms with van der Waals surface area (Å²) in [5.41, 5.74) is 1.42. The smallest absolute Gasteiger partial charge is 0.243 e. The van der Waals surface area contributed by atoms with Crippen molar-refractivity contribution < 1.29 is 13.2 Å². The molecule has 7 nitrogen and oxygen atoms in total. The predicted molar refractivity (Wildman–Crippen MR) is 141 cm³/mol. The minimum absolute atomic E-state index is 0.305. The van der Waals surface area contributed by atoms with E-state index >= 15 is 0 Å². The number of hydrogen-bond acceptors (Lipinski definition) is 7. The molecule has 1 aromatic carbocycles. The van der Waals surface area contributed by atoms with E-state index in [1.165, 1.54) is 22.2 Å². The Kier molecular flexibility index (Phi) is 7.01. The summed E-state index contributed by atoms with van der Waals surface area (Å²) in [6.45, 7) is 6.63. The van der Waals surface area contributed by atoms with Gasteiger partial charge in [0.05, 0.1) is 17.4 Å². The number of ether oxygens (including phenoxy) is 1. The van der Waals surface area contributed by atoms with Crippen LogP contribution in [0.3, 0.4) is 0 Å². The van der Waals surface area contributed by atoms with Gasteiger partial charge in [0.1, 0.15) is 22.2 Å². The van der Waals surface area contributed by atoms with Crippen LogP contribution >= 0.6 is 11.3 Å². The summed E-state index contributed by atoms with van der Waals surface area (Å²) in [6, 6.07) is 6.62. The number of fused-ring (bicyclic) bond motifs is 3. The van der Waals surface area contributed by atoms with Gasteiger partial charge in [-0.05, 0) is 61.4 Å². The number of thiophene rings is 1. The molecule has 0 spiro atoms. The minimum Gasteiger partial charge on any atom is -0.497 e. The Bertz CT molecular complexity index is 1300. The number of sulfonamides is 1. The molecule has 35 heavy (non-hydrogen) atoms. The van der Waals surface area contributed by atoms with Crippen LogP contribution in [0, 0.1) is 5.92 Å². The van der Waals surface area contributed by atoms with Crippen LogP contribution < -0.4 is 9.64 Å². The number of piperazine rings is 1. The van der Waals surface area contributed by atoms with Crippen LogP contribution in [0.1, 0.15) is 49.4 Å². The molecule has 0 bridgehead atoms. The second-order valence-corrected chi connectivity index (χ2v) is 12.7. The van der Waals surface area contributed by atoms with Gasteiger partial charge in [-0.25, -0.2) is 18.4 Å². The molecule has 1 fully saturated rings. The summed E-state index contributed by atoms with van der Waals surface area (Å²) < 4.78 is 33.2. The maximum atomic E-state index is 13.2. The zero-order chi connectivity index (χ0) is 24.6. The lowest BCUT2D eigenvalue weighted by atomic mass is 9.89. The van der Waals surface area contributed by atoms with Crippen molar-refractivity contribution in [2.45, 2.75) is 57.3 Å². The van der Waals surface area contributed by atoms with E-state index in [-0.39, 0.29) is 0 Å². The van der Waals surface area contributed by atoms with E-state index in [0.29, 0.717) is 42.7 Å². The summed E-state index contributed by atoms with van der Waals surface area (Å²) in [5.74, 6) is 3.27. The summed E-state index contributed by atoms with van der Waals surface area (Å²) >= 11 is 1.84. The number of benzene rings is 1. The van der Waals surface area contributed by atoms with Crippen molar-refractivity contribution in [1.82, 2.24) is 14.3 Å². The zero-order valence-electron chi connectivity index (χ0n) is 20.8. The van der Waals surface area contributed by atoms with E-state index in [2.05, 4.69) is 18.7 Å². The maximum absolute atomic E-state index is 13.2. The number of aromatic nitrogens is 2. The second kappa shape index (κ2) is 10.0. The first kappa shape index (κ1) is 24.5. The number of rotatable bonds is 7. The number of unbranched alkanes of at least 4 members (excludes halogenated alkanes) is 1. The second-order valence-electron chi connectivity index (χ2n) is 9.67. The predicted octanol–water partition coefficient (Wildman–Crippen LogP) is 4.68. The third kappa shape index (κ3) is 4.78. The fourth-order valence-corrected chi connectivity index (χ4v) is 7.90.